The Morgan fingerprint density at radius 2 is 1.86 bits per heavy atom. The van der Waals surface area contributed by atoms with Crippen molar-refractivity contribution < 1.29 is 14.7 Å². The van der Waals surface area contributed by atoms with Gasteiger partial charge in [0.05, 0.1) is 6.10 Å². The molecule has 3 saturated carbocycles. The van der Waals surface area contributed by atoms with Crippen molar-refractivity contribution in [3.63, 3.8) is 0 Å². The Morgan fingerprint density at radius 3 is 2.57 bits per heavy atom. The fourth-order valence-corrected chi connectivity index (χ4v) is 6.07. The zero-order chi connectivity index (χ0) is 15.1. The molecule has 0 radical (unpaired) electrons. The Balaban J connectivity index is 1.84. The van der Waals surface area contributed by atoms with Crippen LogP contribution in [-0.4, -0.2) is 22.8 Å². The maximum absolute atomic E-state index is 13.3. The van der Waals surface area contributed by atoms with Crippen LogP contribution in [0.2, 0.25) is 0 Å². The highest BCUT2D eigenvalue weighted by Gasteiger charge is 2.67. The van der Waals surface area contributed by atoms with Crippen molar-refractivity contribution in [3.05, 3.63) is 12.2 Å². The zero-order valence-corrected chi connectivity index (χ0v) is 13.0. The normalized spacial score (nSPS) is 58.3. The van der Waals surface area contributed by atoms with E-state index in [1.807, 2.05) is 6.92 Å². The third kappa shape index (κ3) is 1.44. The molecule has 4 aliphatic carbocycles. The van der Waals surface area contributed by atoms with Crippen LogP contribution >= 0.6 is 0 Å². The van der Waals surface area contributed by atoms with Crippen molar-refractivity contribution in [1.82, 2.24) is 0 Å². The van der Waals surface area contributed by atoms with Crippen LogP contribution in [0.4, 0.5) is 0 Å². The maximum atomic E-state index is 13.3. The summed E-state index contributed by atoms with van der Waals surface area (Å²) in [6, 6.07) is 0. The Labute approximate surface area is 125 Å². The van der Waals surface area contributed by atoms with E-state index in [4.69, 9.17) is 0 Å². The number of aliphatic hydroxyl groups is 1. The Bertz CT molecular complexity index is 551. The first kappa shape index (κ1) is 13.7. The van der Waals surface area contributed by atoms with Crippen LogP contribution in [0.5, 0.6) is 0 Å². The highest BCUT2D eigenvalue weighted by molar-refractivity contribution is 6.03. The zero-order valence-electron chi connectivity index (χ0n) is 13.0. The van der Waals surface area contributed by atoms with Gasteiger partial charge >= 0.3 is 0 Å². The summed E-state index contributed by atoms with van der Waals surface area (Å²) in [5.41, 5.74) is -0.573. The summed E-state index contributed by atoms with van der Waals surface area (Å²) in [5.74, 6) is 0.603. The fraction of sp³-hybridized carbons (Fsp3) is 0.778. The smallest absolute Gasteiger partial charge is 0.144 e. The first-order valence-corrected chi connectivity index (χ1v) is 8.31. The molecule has 3 heteroatoms. The van der Waals surface area contributed by atoms with Crippen molar-refractivity contribution in [2.24, 2.45) is 46.8 Å². The minimum atomic E-state index is -0.573. The van der Waals surface area contributed by atoms with Gasteiger partial charge < -0.3 is 5.11 Å². The summed E-state index contributed by atoms with van der Waals surface area (Å²) in [6.07, 6.45) is 5.43. The van der Waals surface area contributed by atoms with Gasteiger partial charge in [-0.15, -0.1) is 0 Å². The lowest BCUT2D eigenvalue weighted by atomic mass is 9.48. The quantitative estimate of drug-likeness (QED) is 0.696. The molecule has 9 atom stereocenters. The highest BCUT2D eigenvalue weighted by atomic mass is 16.3. The van der Waals surface area contributed by atoms with Crippen LogP contribution in [0.15, 0.2) is 12.2 Å². The molecule has 0 heterocycles. The van der Waals surface area contributed by atoms with E-state index < -0.39 is 5.41 Å². The number of fused-ring (bicyclic) bond motifs is 6. The minimum Gasteiger partial charge on any atom is -0.393 e. The van der Waals surface area contributed by atoms with E-state index in [0.29, 0.717) is 12.2 Å². The molecule has 3 fully saturated rings. The number of carbonyl (C=O) groups is 2. The van der Waals surface area contributed by atoms with Gasteiger partial charge in [-0.1, -0.05) is 32.9 Å². The fourth-order valence-electron chi connectivity index (χ4n) is 6.07. The average Bonchev–Trinajstić information content (AvgIpc) is 2.97. The lowest BCUT2D eigenvalue weighted by molar-refractivity contribution is -0.164. The number of hydrogen-bond donors (Lipinski definition) is 1. The summed E-state index contributed by atoms with van der Waals surface area (Å²) in [4.78, 5) is 26.5. The molecular formula is C18H24O3. The van der Waals surface area contributed by atoms with Gasteiger partial charge in [-0.05, 0) is 36.5 Å². The lowest BCUT2D eigenvalue weighted by Gasteiger charge is -2.53. The van der Waals surface area contributed by atoms with Gasteiger partial charge in [-0.2, -0.15) is 0 Å². The standard InChI is InChI=1S/C18H24O3/c1-8-4-5-9(2)18(3)15(8)16(20)13-10-6-11(12(19)7-10)14(13)17(18)21/h4-5,8-15,19H,6-7H2,1-3H3/t8-,9+,10+,11+,12+,13?,14?,15-,18+/m0/s1. The molecule has 0 amide bonds. The molecule has 0 aromatic heterocycles. The third-order valence-corrected chi connectivity index (χ3v) is 7.26. The second-order valence-electron chi connectivity index (χ2n) is 8.07. The van der Waals surface area contributed by atoms with Gasteiger partial charge in [0.15, 0.2) is 0 Å². The summed E-state index contributed by atoms with van der Waals surface area (Å²) in [5, 5.41) is 10.2. The van der Waals surface area contributed by atoms with Gasteiger partial charge in [0.1, 0.15) is 11.6 Å². The van der Waals surface area contributed by atoms with Crippen LogP contribution in [-0.2, 0) is 9.59 Å². The lowest BCUT2D eigenvalue weighted by Crippen LogP contribution is -2.61. The van der Waals surface area contributed by atoms with Crippen LogP contribution in [0, 0.1) is 46.8 Å². The Morgan fingerprint density at radius 1 is 1.14 bits per heavy atom. The number of hydrogen-bond acceptors (Lipinski definition) is 3. The summed E-state index contributed by atoms with van der Waals surface area (Å²) >= 11 is 0. The number of rotatable bonds is 0. The van der Waals surface area contributed by atoms with Gasteiger partial charge in [-0.25, -0.2) is 0 Å². The Kier molecular flexibility index (Phi) is 2.65. The predicted molar refractivity (Wildman–Crippen MR) is 78.3 cm³/mol. The molecule has 1 N–H and O–H groups in total. The van der Waals surface area contributed by atoms with Crippen LogP contribution in [0.3, 0.4) is 0 Å². The molecule has 0 spiro atoms. The number of aliphatic hydroxyl groups excluding tert-OH is 1. The second-order valence-corrected chi connectivity index (χ2v) is 8.07. The van der Waals surface area contributed by atoms with Crippen molar-refractivity contribution in [1.29, 1.82) is 0 Å². The van der Waals surface area contributed by atoms with Gasteiger partial charge in [0.2, 0.25) is 0 Å². The molecular weight excluding hydrogens is 264 g/mol. The topological polar surface area (TPSA) is 54.4 Å². The monoisotopic (exact) mass is 288 g/mol. The second kappa shape index (κ2) is 4.07. The number of carbonyl (C=O) groups excluding carboxylic acids is 2. The maximum Gasteiger partial charge on any atom is 0.144 e. The summed E-state index contributed by atoms with van der Waals surface area (Å²) in [7, 11) is 0. The Hall–Kier alpha value is -0.960. The number of ketones is 2. The van der Waals surface area contributed by atoms with E-state index in [0.717, 1.165) is 6.42 Å². The molecule has 0 saturated heterocycles. The van der Waals surface area contributed by atoms with E-state index in [1.165, 1.54) is 0 Å². The van der Waals surface area contributed by atoms with Gasteiger partial charge in [-0.3, -0.25) is 9.59 Å². The van der Waals surface area contributed by atoms with Crippen LogP contribution in [0.25, 0.3) is 0 Å². The summed E-state index contributed by atoms with van der Waals surface area (Å²) in [6.45, 7) is 6.13. The first-order valence-electron chi connectivity index (χ1n) is 8.31. The van der Waals surface area contributed by atoms with Crippen LogP contribution in [0.1, 0.15) is 33.6 Å². The predicted octanol–water partition coefficient (Wildman–Crippen LogP) is 2.24. The third-order valence-electron chi connectivity index (χ3n) is 7.26. The van der Waals surface area contributed by atoms with Crippen LogP contribution < -0.4 is 0 Å². The van der Waals surface area contributed by atoms with E-state index in [2.05, 4.69) is 26.0 Å². The average molecular weight is 288 g/mol. The molecule has 0 aliphatic heterocycles. The molecule has 4 aliphatic rings. The molecule has 0 aromatic carbocycles. The largest absolute Gasteiger partial charge is 0.393 e. The molecule has 0 aromatic rings. The van der Waals surface area contributed by atoms with Crippen molar-refractivity contribution in [2.75, 3.05) is 0 Å². The first-order chi connectivity index (χ1) is 9.87. The van der Waals surface area contributed by atoms with E-state index in [-0.39, 0.29) is 53.3 Å². The van der Waals surface area contributed by atoms with Gasteiger partial charge in [0, 0.05) is 23.2 Å². The molecule has 2 unspecified atom stereocenters. The number of Topliss-reactive ketones (excluding diaryl/α,β-unsaturated/α-hetero) is 2. The van der Waals surface area contributed by atoms with Crippen molar-refractivity contribution in [3.8, 4) is 0 Å². The SMILES string of the molecule is C[C@@H]1C=C[C@H](C)[C@H]2C(=O)C3C(C(=O)[C@]12C)[C@@H]1C[C@@H]3C[C@H]1O. The van der Waals surface area contributed by atoms with Gasteiger partial charge in [0.25, 0.3) is 0 Å². The van der Waals surface area contributed by atoms with Crippen molar-refractivity contribution >= 4 is 11.6 Å². The van der Waals surface area contributed by atoms with E-state index in [1.54, 1.807) is 0 Å². The highest BCUT2D eigenvalue weighted by Crippen LogP contribution is 2.62. The van der Waals surface area contributed by atoms with Crippen molar-refractivity contribution in [2.45, 2.75) is 39.7 Å². The van der Waals surface area contributed by atoms with E-state index >= 15 is 0 Å². The molecule has 2 bridgehead atoms. The molecule has 4 rings (SSSR count). The number of allylic oxidation sites excluding steroid dienone is 2. The minimum absolute atomic E-state index is 0.0302. The molecule has 21 heavy (non-hydrogen) atoms. The van der Waals surface area contributed by atoms with E-state index in [9.17, 15) is 14.7 Å². The summed E-state index contributed by atoms with van der Waals surface area (Å²) < 4.78 is 0. The molecule has 114 valence electrons. The molecule has 3 nitrogen and oxygen atoms in total.